The molecule has 0 aromatic carbocycles. The number of hydrogen-bond donors (Lipinski definition) is 1. The van der Waals surface area contributed by atoms with Gasteiger partial charge >= 0.3 is 18.9 Å². The first-order chi connectivity index (χ1) is 2.27. The standard InChI is InChI=1S/C3H7NO.Li.H/c1-2-3(4)5;;/h2H2,1H3,(H2,4,5);;. The fraction of sp³-hybridized carbons (Fsp3) is 0.667. The molecule has 0 fully saturated rings. The zero-order valence-electron chi connectivity index (χ0n) is 3.19. The predicted octanol–water partition coefficient (Wildman–Crippen LogP) is -0.767. The first kappa shape index (κ1) is 9.42. The summed E-state index contributed by atoms with van der Waals surface area (Å²) in [5, 5.41) is 0. The average Bonchev–Trinajstić information content (AvgIpc) is 1.38. The van der Waals surface area contributed by atoms with E-state index in [1.54, 1.807) is 6.92 Å². The molecule has 0 unspecified atom stereocenters. The Morgan fingerprint density at radius 3 is 2.00 bits per heavy atom. The number of carbonyl (C=O) groups excluding carboxylic acids is 1. The van der Waals surface area contributed by atoms with Gasteiger partial charge in [-0.3, -0.25) is 4.79 Å². The van der Waals surface area contributed by atoms with Gasteiger partial charge in [0, 0.05) is 6.42 Å². The molecule has 0 aliphatic carbocycles. The van der Waals surface area contributed by atoms with Crippen molar-refractivity contribution in [2.24, 2.45) is 5.73 Å². The summed E-state index contributed by atoms with van der Waals surface area (Å²) in [4.78, 5) is 9.59. The molecule has 1 amide bonds. The van der Waals surface area contributed by atoms with Crippen LogP contribution in [0.2, 0.25) is 0 Å². The summed E-state index contributed by atoms with van der Waals surface area (Å²) in [6.45, 7) is 1.72. The molecule has 0 atom stereocenters. The number of hydrogen-bond acceptors (Lipinski definition) is 1. The summed E-state index contributed by atoms with van der Waals surface area (Å²) in [5.74, 6) is -0.245. The Morgan fingerprint density at radius 2 is 2.00 bits per heavy atom. The van der Waals surface area contributed by atoms with Crippen molar-refractivity contribution in [2.45, 2.75) is 13.3 Å². The van der Waals surface area contributed by atoms with Crippen molar-refractivity contribution in [3.63, 3.8) is 0 Å². The van der Waals surface area contributed by atoms with Gasteiger partial charge in [-0.15, -0.1) is 0 Å². The number of rotatable bonds is 1. The third kappa shape index (κ3) is 8.95. The molecule has 0 saturated carbocycles. The van der Waals surface area contributed by atoms with Gasteiger partial charge in [0.25, 0.3) is 0 Å². The molecule has 0 spiro atoms. The summed E-state index contributed by atoms with van der Waals surface area (Å²) in [7, 11) is 0. The minimum atomic E-state index is -0.245. The number of nitrogens with two attached hydrogens (primary N) is 1. The van der Waals surface area contributed by atoms with Gasteiger partial charge in [-0.25, -0.2) is 0 Å². The van der Waals surface area contributed by atoms with E-state index in [0.717, 1.165) is 0 Å². The van der Waals surface area contributed by atoms with Crippen LogP contribution in [0, 0.1) is 0 Å². The van der Waals surface area contributed by atoms with E-state index < -0.39 is 0 Å². The molecule has 0 radical (unpaired) electrons. The third-order valence-corrected chi connectivity index (χ3v) is 0.348. The van der Waals surface area contributed by atoms with E-state index >= 15 is 0 Å². The van der Waals surface area contributed by atoms with Crippen LogP contribution in [0.25, 0.3) is 0 Å². The van der Waals surface area contributed by atoms with Crippen LogP contribution in [0.1, 0.15) is 13.3 Å². The molecule has 0 rings (SSSR count). The van der Waals surface area contributed by atoms with Crippen molar-refractivity contribution in [3.8, 4) is 0 Å². The van der Waals surface area contributed by atoms with E-state index in [2.05, 4.69) is 5.73 Å². The molecular weight excluding hydrogens is 73.0 g/mol. The Labute approximate surface area is 49.3 Å². The Bertz CT molecular complexity index is 46.1. The van der Waals surface area contributed by atoms with Crippen LogP contribution in [0.5, 0.6) is 0 Å². The SMILES string of the molecule is CCC(N)=O.[LiH]. The second kappa shape index (κ2) is 5.07. The van der Waals surface area contributed by atoms with Gasteiger partial charge in [-0.05, 0) is 0 Å². The molecule has 0 aliphatic heterocycles. The normalized spacial score (nSPS) is 6.17. The molecule has 0 bridgehead atoms. The molecule has 3 heteroatoms. The monoisotopic (exact) mass is 81.1 g/mol. The fourth-order valence-electron chi connectivity index (χ4n) is 0. The summed E-state index contributed by atoms with van der Waals surface area (Å²) >= 11 is 0. The first-order valence-corrected chi connectivity index (χ1v) is 1.55. The van der Waals surface area contributed by atoms with Crippen LogP contribution in [-0.4, -0.2) is 24.8 Å². The zero-order valence-corrected chi connectivity index (χ0v) is 3.19. The van der Waals surface area contributed by atoms with Crippen LogP contribution in [0.15, 0.2) is 0 Å². The van der Waals surface area contributed by atoms with Gasteiger partial charge < -0.3 is 5.73 Å². The number of carbonyl (C=O) groups is 1. The van der Waals surface area contributed by atoms with Gasteiger partial charge in [0.15, 0.2) is 0 Å². The van der Waals surface area contributed by atoms with Crippen LogP contribution in [0.3, 0.4) is 0 Å². The van der Waals surface area contributed by atoms with Crippen molar-refractivity contribution in [3.05, 3.63) is 0 Å². The number of primary amides is 1. The maximum absolute atomic E-state index is 9.59. The van der Waals surface area contributed by atoms with Crippen LogP contribution < -0.4 is 5.73 Å². The Hall–Kier alpha value is 0.0674. The molecule has 2 N–H and O–H groups in total. The van der Waals surface area contributed by atoms with Gasteiger partial charge in [-0.1, -0.05) is 6.92 Å². The van der Waals surface area contributed by atoms with Crippen LogP contribution in [-0.2, 0) is 4.79 Å². The Kier molecular flexibility index (Phi) is 7.95. The van der Waals surface area contributed by atoms with Crippen LogP contribution in [0.4, 0.5) is 0 Å². The zero-order chi connectivity index (χ0) is 4.28. The van der Waals surface area contributed by atoms with E-state index in [9.17, 15) is 4.79 Å². The van der Waals surface area contributed by atoms with E-state index in [-0.39, 0.29) is 24.8 Å². The molecule has 0 saturated heterocycles. The van der Waals surface area contributed by atoms with E-state index in [0.29, 0.717) is 6.42 Å². The van der Waals surface area contributed by atoms with Gasteiger partial charge in [-0.2, -0.15) is 0 Å². The second-order valence-electron chi connectivity index (χ2n) is 0.820. The maximum atomic E-state index is 9.59. The summed E-state index contributed by atoms with van der Waals surface area (Å²) in [6.07, 6.45) is 0.444. The molecule has 0 aromatic heterocycles. The molecule has 2 nitrogen and oxygen atoms in total. The second-order valence-corrected chi connectivity index (χ2v) is 0.820. The quantitative estimate of drug-likeness (QED) is 0.414. The summed E-state index contributed by atoms with van der Waals surface area (Å²) in [6, 6.07) is 0. The Balaban J connectivity index is 0. The average molecular weight is 81.0 g/mol. The van der Waals surface area contributed by atoms with Crippen molar-refractivity contribution in [2.75, 3.05) is 0 Å². The van der Waals surface area contributed by atoms with Gasteiger partial charge in [0.05, 0.1) is 0 Å². The summed E-state index contributed by atoms with van der Waals surface area (Å²) < 4.78 is 0. The van der Waals surface area contributed by atoms with Crippen molar-refractivity contribution >= 4 is 24.8 Å². The molecule has 0 aromatic rings. The topological polar surface area (TPSA) is 43.1 Å². The van der Waals surface area contributed by atoms with E-state index in [1.807, 2.05) is 0 Å². The molecule has 0 aliphatic rings. The van der Waals surface area contributed by atoms with Gasteiger partial charge in [0.2, 0.25) is 5.91 Å². The predicted molar refractivity (Wildman–Crippen MR) is 26.6 cm³/mol. The Morgan fingerprint density at radius 1 is 1.83 bits per heavy atom. The molecule has 32 valence electrons. The minimum absolute atomic E-state index is 0. The molecule has 6 heavy (non-hydrogen) atoms. The molecule has 0 heterocycles. The molecular formula is C3H8LiNO. The van der Waals surface area contributed by atoms with Crippen molar-refractivity contribution in [1.29, 1.82) is 0 Å². The third-order valence-electron chi connectivity index (χ3n) is 0.348. The van der Waals surface area contributed by atoms with Crippen molar-refractivity contribution < 1.29 is 4.79 Å². The first-order valence-electron chi connectivity index (χ1n) is 1.55. The van der Waals surface area contributed by atoms with E-state index in [1.165, 1.54) is 0 Å². The van der Waals surface area contributed by atoms with E-state index in [4.69, 9.17) is 0 Å². The van der Waals surface area contributed by atoms with Crippen LogP contribution >= 0.6 is 0 Å². The van der Waals surface area contributed by atoms with Gasteiger partial charge in [0.1, 0.15) is 0 Å². The van der Waals surface area contributed by atoms with Crippen molar-refractivity contribution in [1.82, 2.24) is 0 Å². The summed E-state index contributed by atoms with van der Waals surface area (Å²) in [5.41, 5.74) is 4.65. The fourth-order valence-corrected chi connectivity index (χ4v) is 0. The number of amides is 1.